The standard InChI is InChI=1S/C11H13NO/c1-13-10-4-2-3-8(5-10)11-6-9(7-11)12-11/h2-5,9,12H,6-7H2,1H3. The summed E-state index contributed by atoms with van der Waals surface area (Å²) >= 11 is 0. The molecule has 4 rings (SSSR count). The lowest BCUT2D eigenvalue weighted by Crippen LogP contribution is -2.74. The van der Waals surface area contributed by atoms with Crippen molar-refractivity contribution in [1.82, 2.24) is 5.32 Å². The van der Waals surface area contributed by atoms with Gasteiger partial charge in [-0.15, -0.1) is 0 Å². The monoisotopic (exact) mass is 175 g/mol. The number of methoxy groups -OCH3 is 1. The molecule has 0 radical (unpaired) electrons. The van der Waals surface area contributed by atoms with Gasteiger partial charge in [0.2, 0.25) is 0 Å². The fourth-order valence-corrected chi connectivity index (χ4v) is 2.37. The van der Waals surface area contributed by atoms with Crippen molar-refractivity contribution in [3.63, 3.8) is 0 Å². The Labute approximate surface area is 77.9 Å². The predicted molar refractivity (Wildman–Crippen MR) is 50.8 cm³/mol. The van der Waals surface area contributed by atoms with Crippen LogP contribution in [0.1, 0.15) is 18.4 Å². The molecule has 0 unspecified atom stereocenters. The Balaban J connectivity index is 1.95. The lowest BCUT2D eigenvalue weighted by Gasteiger charge is -2.63. The highest BCUT2D eigenvalue weighted by molar-refractivity contribution is 5.39. The average molecular weight is 175 g/mol. The second-order valence-corrected chi connectivity index (χ2v) is 4.06. The zero-order valence-electron chi connectivity index (χ0n) is 7.71. The summed E-state index contributed by atoms with van der Waals surface area (Å²) in [5, 5.41) is 3.53. The average Bonchev–Trinajstić information content (AvgIpc) is 1.99. The van der Waals surface area contributed by atoms with Crippen molar-refractivity contribution in [2.75, 3.05) is 7.11 Å². The lowest BCUT2D eigenvalue weighted by molar-refractivity contribution is -0.0220. The first-order valence-electron chi connectivity index (χ1n) is 4.75. The molecule has 3 fully saturated rings. The maximum atomic E-state index is 5.21. The van der Waals surface area contributed by atoms with Crippen molar-refractivity contribution in [1.29, 1.82) is 0 Å². The first-order valence-corrected chi connectivity index (χ1v) is 4.75. The number of ether oxygens (including phenoxy) is 1. The van der Waals surface area contributed by atoms with Crippen LogP contribution in [0.3, 0.4) is 0 Å². The Kier molecular flexibility index (Phi) is 1.29. The minimum absolute atomic E-state index is 0.319. The van der Waals surface area contributed by atoms with Gasteiger partial charge in [0.25, 0.3) is 0 Å². The highest BCUT2D eigenvalue weighted by atomic mass is 16.5. The van der Waals surface area contributed by atoms with Gasteiger partial charge in [-0.25, -0.2) is 0 Å². The van der Waals surface area contributed by atoms with Crippen molar-refractivity contribution in [2.45, 2.75) is 24.4 Å². The van der Waals surface area contributed by atoms with Gasteiger partial charge in [-0.05, 0) is 30.5 Å². The fourth-order valence-electron chi connectivity index (χ4n) is 2.37. The molecule has 0 aromatic heterocycles. The van der Waals surface area contributed by atoms with Crippen LogP contribution in [-0.4, -0.2) is 13.2 Å². The van der Waals surface area contributed by atoms with E-state index in [1.165, 1.54) is 18.4 Å². The molecule has 13 heavy (non-hydrogen) atoms. The number of nitrogens with one attached hydrogen (secondary N) is 1. The SMILES string of the molecule is COc1cccc(C23CC(C2)N3)c1. The summed E-state index contributed by atoms with van der Waals surface area (Å²) in [5.74, 6) is 0.962. The van der Waals surface area contributed by atoms with E-state index in [1.54, 1.807) is 7.11 Å². The molecule has 0 atom stereocenters. The van der Waals surface area contributed by atoms with Crippen LogP contribution in [0.15, 0.2) is 24.3 Å². The Hall–Kier alpha value is -1.02. The Morgan fingerprint density at radius 3 is 2.77 bits per heavy atom. The Bertz CT molecular complexity index is 331. The molecule has 0 spiro atoms. The molecule has 68 valence electrons. The minimum Gasteiger partial charge on any atom is -0.497 e. The van der Waals surface area contributed by atoms with E-state index in [2.05, 4.69) is 23.5 Å². The molecule has 2 saturated heterocycles. The number of benzene rings is 1. The molecule has 0 amide bonds. The van der Waals surface area contributed by atoms with Crippen LogP contribution >= 0.6 is 0 Å². The quantitative estimate of drug-likeness (QED) is 0.738. The normalized spacial score (nSPS) is 34.7. The van der Waals surface area contributed by atoms with Crippen LogP contribution in [0.5, 0.6) is 5.75 Å². The zero-order chi connectivity index (χ0) is 8.89. The zero-order valence-corrected chi connectivity index (χ0v) is 7.71. The lowest BCUT2D eigenvalue weighted by atomic mass is 9.59. The van der Waals surface area contributed by atoms with Gasteiger partial charge in [0.15, 0.2) is 0 Å². The van der Waals surface area contributed by atoms with E-state index in [-0.39, 0.29) is 0 Å². The molecular weight excluding hydrogens is 162 g/mol. The molecule has 2 heteroatoms. The third kappa shape index (κ3) is 0.866. The summed E-state index contributed by atoms with van der Waals surface area (Å²) in [7, 11) is 1.72. The summed E-state index contributed by atoms with van der Waals surface area (Å²) in [5.41, 5.74) is 1.70. The minimum atomic E-state index is 0.319. The smallest absolute Gasteiger partial charge is 0.119 e. The van der Waals surface area contributed by atoms with Crippen LogP contribution in [0.25, 0.3) is 0 Å². The summed E-state index contributed by atoms with van der Waals surface area (Å²) in [4.78, 5) is 0. The van der Waals surface area contributed by atoms with Crippen molar-refractivity contribution < 1.29 is 4.74 Å². The van der Waals surface area contributed by atoms with Crippen molar-refractivity contribution in [3.8, 4) is 5.75 Å². The maximum Gasteiger partial charge on any atom is 0.119 e. The molecule has 2 aliphatic heterocycles. The van der Waals surface area contributed by atoms with Crippen LogP contribution in [0, 0.1) is 0 Å². The molecule has 1 saturated carbocycles. The molecule has 1 N–H and O–H groups in total. The number of hydrogen-bond donors (Lipinski definition) is 1. The molecule has 2 bridgehead atoms. The van der Waals surface area contributed by atoms with Crippen molar-refractivity contribution in [3.05, 3.63) is 29.8 Å². The molecule has 3 aliphatic rings. The second-order valence-electron chi connectivity index (χ2n) is 4.06. The first kappa shape index (κ1) is 7.39. The molecule has 1 aliphatic carbocycles. The highest BCUT2D eigenvalue weighted by Crippen LogP contribution is 2.52. The van der Waals surface area contributed by atoms with Crippen molar-refractivity contribution in [2.24, 2.45) is 0 Å². The summed E-state index contributed by atoms with van der Waals surface area (Å²) in [6, 6.07) is 9.18. The third-order valence-electron chi connectivity index (χ3n) is 3.29. The van der Waals surface area contributed by atoms with E-state index in [4.69, 9.17) is 4.74 Å². The van der Waals surface area contributed by atoms with Gasteiger partial charge in [-0.1, -0.05) is 12.1 Å². The van der Waals surface area contributed by atoms with Crippen LogP contribution < -0.4 is 10.1 Å². The first-order chi connectivity index (χ1) is 6.32. The predicted octanol–water partition coefficient (Wildman–Crippen LogP) is 1.66. The van der Waals surface area contributed by atoms with Crippen LogP contribution in [-0.2, 0) is 5.54 Å². The van der Waals surface area contributed by atoms with E-state index in [0.29, 0.717) is 5.54 Å². The van der Waals surface area contributed by atoms with Gasteiger partial charge in [0, 0.05) is 11.6 Å². The van der Waals surface area contributed by atoms with E-state index >= 15 is 0 Å². The summed E-state index contributed by atoms with van der Waals surface area (Å²) in [6.45, 7) is 0. The number of rotatable bonds is 2. The molecule has 2 nitrogen and oxygen atoms in total. The molecular formula is C11H13NO. The second kappa shape index (κ2) is 2.26. The molecule has 1 aromatic rings. The summed E-state index contributed by atoms with van der Waals surface area (Å²) < 4.78 is 5.21. The summed E-state index contributed by atoms with van der Waals surface area (Å²) in [6.07, 6.45) is 2.61. The largest absolute Gasteiger partial charge is 0.497 e. The van der Waals surface area contributed by atoms with Gasteiger partial charge < -0.3 is 10.1 Å². The maximum absolute atomic E-state index is 5.21. The van der Waals surface area contributed by atoms with Gasteiger partial charge >= 0.3 is 0 Å². The van der Waals surface area contributed by atoms with E-state index in [0.717, 1.165) is 11.8 Å². The third-order valence-corrected chi connectivity index (χ3v) is 3.29. The van der Waals surface area contributed by atoms with Gasteiger partial charge in [0.1, 0.15) is 5.75 Å². The van der Waals surface area contributed by atoms with E-state index < -0.39 is 0 Å². The van der Waals surface area contributed by atoms with Crippen LogP contribution in [0.2, 0.25) is 0 Å². The van der Waals surface area contributed by atoms with Gasteiger partial charge in [0.05, 0.1) is 7.11 Å². The Morgan fingerprint density at radius 2 is 2.23 bits per heavy atom. The topological polar surface area (TPSA) is 21.3 Å². The molecule has 1 aromatic carbocycles. The van der Waals surface area contributed by atoms with Crippen molar-refractivity contribution >= 4 is 0 Å². The number of hydrogen-bond acceptors (Lipinski definition) is 2. The molecule has 2 heterocycles. The van der Waals surface area contributed by atoms with Crippen LogP contribution in [0.4, 0.5) is 0 Å². The fraction of sp³-hybridized carbons (Fsp3) is 0.455. The van der Waals surface area contributed by atoms with Gasteiger partial charge in [-0.3, -0.25) is 0 Å². The van der Waals surface area contributed by atoms with Gasteiger partial charge in [-0.2, -0.15) is 0 Å². The Morgan fingerprint density at radius 1 is 1.46 bits per heavy atom. The highest BCUT2D eigenvalue weighted by Gasteiger charge is 2.57. The van der Waals surface area contributed by atoms with E-state index in [1.807, 2.05) is 6.07 Å². The van der Waals surface area contributed by atoms with E-state index in [9.17, 15) is 0 Å².